The van der Waals surface area contributed by atoms with Crippen LogP contribution in [0.5, 0.6) is 5.75 Å². The lowest BCUT2D eigenvalue weighted by atomic mass is 10.1. The first-order valence-corrected chi connectivity index (χ1v) is 8.80. The van der Waals surface area contributed by atoms with Crippen LogP contribution in [0.2, 0.25) is 0 Å². The summed E-state index contributed by atoms with van der Waals surface area (Å²) >= 11 is 0. The van der Waals surface area contributed by atoms with Crippen LogP contribution >= 0.6 is 0 Å². The fourth-order valence-electron chi connectivity index (χ4n) is 2.32. The highest BCUT2D eigenvalue weighted by Gasteiger charge is 1.93. The minimum atomic E-state index is 0.620. The van der Waals surface area contributed by atoms with E-state index in [1.165, 1.54) is 18.4 Å². The van der Waals surface area contributed by atoms with Crippen molar-refractivity contribution in [1.82, 2.24) is 0 Å². The van der Waals surface area contributed by atoms with Crippen LogP contribution in [0, 0.1) is 11.8 Å². The SMILES string of the molecule is CCC/C=C/COc1ccc(C#Cc2ccc(CCC)cc2)cc1. The summed E-state index contributed by atoms with van der Waals surface area (Å²) in [6, 6.07) is 16.5. The normalized spacial score (nSPS) is 10.4. The first-order valence-electron chi connectivity index (χ1n) is 8.80. The zero-order chi connectivity index (χ0) is 17.0. The first-order chi connectivity index (χ1) is 11.8. The second-order valence-corrected chi connectivity index (χ2v) is 5.79. The molecule has 0 radical (unpaired) electrons. The Morgan fingerprint density at radius 3 is 2.00 bits per heavy atom. The topological polar surface area (TPSA) is 9.23 Å². The summed E-state index contributed by atoms with van der Waals surface area (Å²) in [6.07, 6.45) is 8.81. The highest BCUT2D eigenvalue weighted by molar-refractivity contribution is 5.44. The average molecular weight is 318 g/mol. The molecule has 0 aliphatic heterocycles. The van der Waals surface area contributed by atoms with Gasteiger partial charge in [-0.3, -0.25) is 0 Å². The monoisotopic (exact) mass is 318 g/mol. The molecule has 0 heterocycles. The maximum absolute atomic E-state index is 5.67. The van der Waals surface area contributed by atoms with E-state index >= 15 is 0 Å². The molecule has 0 fully saturated rings. The van der Waals surface area contributed by atoms with E-state index in [1.807, 2.05) is 24.3 Å². The molecule has 0 unspecified atom stereocenters. The highest BCUT2D eigenvalue weighted by atomic mass is 16.5. The van der Waals surface area contributed by atoms with Gasteiger partial charge in [-0.1, -0.05) is 62.8 Å². The van der Waals surface area contributed by atoms with Gasteiger partial charge in [0.15, 0.2) is 0 Å². The predicted molar refractivity (Wildman–Crippen MR) is 102 cm³/mol. The third-order valence-electron chi connectivity index (χ3n) is 3.67. The molecule has 0 bridgehead atoms. The Kier molecular flexibility index (Phi) is 7.71. The second kappa shape index (κ2) is 10.3. The van der Waals surface area contributed by atoms with Gasteiger partial charge in [0.1, 0.15) is 12.4 Å². The van der Waals surface area contributed by atoms with Gasteiger partial charge in [0.2, 0.25) is 0 Å². The standard InChI is InChI=1S/C23H26O/c1-3-5-6-7-19-24-23-17-15-22(16-18-23)14-13-21-11-9-20(8-4-2)10-12-21/h6-7,9-12,15-18H,3-5,8,19H2,1-2H3/b7-6+. The van der Waals surface area contributed by atoms with Gasteiger partial charge in [-0.15, -0.1) is 0 Å². The lowest BCUT2D eigenvalue weighted by Crippen LogP contribution is -1.93. The van der Waals surface area contributed by atoms with E-state index in [2.05, 4.69) is 62.1 Å². The molecule has 0 amide bonds. The predicted octanol–water partition coefficient (Wildman–Crippen LogP) is 5.77. The van der Waals surface area contributed by atoms with Crippen LogP contribution < -0.4 is 4.74 Å². The maximum Gasteiger partial charge on any atom is 0.119 e. The molecule has 124 valence electrons. The molecule has 0 aliphatic carbocycles. The molecule has 2 aromatic carbocycles. The summed E-state index contributed by atoms with van der Waals surface area (Å²) in [7, 11) is 0. The second-order valence-electron chi connectivity index (χ2n) is 5.79. The molecule has 1 heteroatoms. The van der Waals surface area contributed by atoms with Crippen molar-refractivity contribution in [2.45, 2.75) is 39.5 Å². The van der Waals surface area contributed by atoms with Gasteiger partial charge in [0.05, 0.1) is 0 Å². The van der Waals surface area contributed by atoms with Crippen LogP contribution in [-0.2, 0) is 6.42 Å². The average Bonchev–Trinajstić information content (AvgIpc) is 2.62. The Balaban J connectivity index is 1.89. The van der Waals surface area contributed by atoms with Crippen LogP contribution in [-0.4, -0.2) is 6.61 Å². The third-order valence-corrected chi connectivity index (χ3v) is 3.67. The van der Waals surface area contributed by atoms with Crippen molar-refractivity contribution in [3.63, 3.8) is 0 Å². The van der Waals surface area contributed by atoms with Crippen LogP contribution in [0.1, 0.15) is 49.8 Å². The fraction of sp³-hybridized carbons (Fsp3) is 0.304. The Hall–Kier alpha value is -2.46. The van der Waals surface area contributed by atoms with Gasteiger partial charge in [-0.05, 0) is 54.8 Å². The van der Waals surface area contributed by atoms with Gasteiger partial charge in [0, 0.05) is 11.1 Å². The molecule has 0 N–H and O–H groups in total. The minimum Gasteiger partial charge on any atom is -0.490 e. The summed E-state index contributed by atoms with van der Waals surface area (Å²) in [5.41, 5.74) is 3.43. The number of allylic oxidation sites excluding steroid dienone is 1. The Morgan fingerprint density at radius 1 is 0.792 bits per heavy atom. The number of hydrogen-bond acceptors (Lipinski definition) is 1. The molecule has 0 aromatic heterocycles. The molecular formula is C23H26O. The summed E-state index contributed by atoms with van der Waals surface area (Å²) in [6.45, 7) is 4.99. The van der Waals surface area contributed by atoms with E-state index in [4.69, 9.17) is 4.74 Å². The summed E-state index contributed by atoms with van der Waals surface area (Å²) in [4.78, 5) is 0. The zero-order valence-corrected chi connectivity index (χ0v) is 14.7. The first kappa shape index (κ1) is 17.9. The van der Waals surface area contributed by atoms with E-state index in [0.717, 1.165) is 29.7 Å². The Bertz CT molecular complexity index is 682. The number of ether oxygens (including phenoxy) is 1. The molecule has 2 aromatic rings. The van der Waals surface area contributed by atoms with E-state index < -0.39 is 0 Å². The van der Waals surface area contributed by atoms with Gasteiger partial charge < -0.3 is 4.74 Å². The lowest BCUT2D eigenvalue weighted by Gasteiger charge is -2.02. The van der Waals surface area contributed by atoms with Crippen molar-refractivity contribution in [3.05, 3.63) is 77.4 Å². The van der Waals surface area contributed by atoms with Gasteiger partial charge in [0.25, 0.3) is 0 Å². The lowest BCUT2D eigenvalue weighted by molar-refractivity contribution is 0.362. The molecule has 0 saturated heterocycles. The molecule has 1 nitrogen and oxygen atoms in total. The van der Waals surface area contributed by atoms with Crippen molar-refractivity contribution >= 4 is 0 Å². The number of aryl methyl sites for hydroxylation is 1. The fourth-order valence-corrected chi connectivity index (χ4v) is 2.32. The molecule has 0 saturated carbocycles. The Labute approximate surface area is 146 Å². The third kappa shape index (κ3) is 6.34. The molecule has 24 heavy (non-hydrogen) atoms. The summed E-state index contributed by atoms with van der Waals surface area (Å²) in [5, 5.41) is 0. The molecule has 2 rings (SSSR count). The van der Waals surface area contributed by atoms with Gasteiger partial charge in [-0.2, -0.15) is 0 Å². The van der Waals surface area contributed by atoms with Crippen LogP contribution in [0.15, 0.2) is 60.7 Å². The molecule has 0 spiro atoms. The number of hydrogen-bond donors (Lipinski definition) is 0. The van der Waals surface area contributed by atoms with E-state index in [-0.39, 0.29) is 0 Å². The Morgan fingerprint density at radius 2 is 1.42 bits per heavy atom. The maximum atomic E-state index is 5.67. The van der Waals surface area contributed by atoms with Gasteiger partial charge >= 0.3 is 0 Å². The largest absolute Gasteiger partial charge is 0.490 e. The molecule has 0 aliphatic rings. The van der Waals surface area contributed by atoms with Crippen LogP contribution in [0.3, 0.4) is 0 Å². The van der Waals surface area contributed by atoms with E-state index in [1.54, 1.807) is 0 Å². The van der Waals surface area contributed by atoms with E-state index in [0.29, 0.717) is 6.61 Å². The summed E-state index contributed by atoms with van der Waals surface area (Å²) in [5.74, 6) is 7.30. The van der Waals surface area contributed by atoms with Crippen molar-refractivity contribution in [1.29, 1.82) is 0 Å². The van der Waals surface area contributed by atoms with Gasteiger partial charge in [-0.25, -0.2) is 0 Å². The number of rotatable bonds is 7. The summed E-state index contributed by atoms with van der Waals surface area (Å²) < 4.78 is 5.67. The molecule has 0 atom stereocenters. The smallest absolute Gasteiger partial charge is 0.119 e. The highest BCUT2D eigenvalue weighted by Crippen LogP contribution is 2.12. The minimum absolute atomic E-state index is 0.620. The number of benzene rings is 2. The molecular weight excluding hydrogens is 292 g/mol. The quantitative estimate of drug-likeness (QED) is 0.465. The zero-order valence-electron chi connectivity index (χ0n) is 14.7. The van der Waals surface area contributed by atoms with Crippen LogP contribution in [0.4, 0.5) is 0 Å². The van der Waals surface area contributed by atoms with Crippen LogP contribution in [0.25, 0.3) is 0 Å². The van der Waals surface area contributed by atoms with Crippen molar-refractivity contribution < 1.29 is 4.74 Å². The van der Waals surface area contributed by atoms with Crippen molar-refractivity contribution in [2.24, 2.45) is 0 Å². The number of unbranched alkanes of at least 4 members (excludes halogenated alkanes) is 1. The van der Waals surface area contributed by atoms with E-state index in [9.17, 15) is 0 Å². The van der Waals surface area contributed by atoms with Crippen molar-refractivity contribution in [3.8, 4) is 17.6 Å². The van der Waals surface area contributed by atoms with Crippen molar-refractivity contribution in [2.75, 3.05) is 6.61 Å².